The zero-order chi connectivity index (χ0) is 23.1. The third kappa shape index (κ3) is 4.37. The molecule has 4 rings (SSSR count). The average Bonchev–Trinajstić information content (AvgIpc) is 3.45. The second-order valence-electron chi connectivity index (χ2n) is 9.66. The van der Waals surface area contributed by atoms with Crippen molar-refractivity contribution in [2.24, 2.45) is 0 Å². The van der Waals surface area contributed by atoms with E-state index in [1.165, 1.54) is 12.5 Å². The van der Waals surface area contributed by atoms with E-state index in [0.717, 1.165) is 26.4 Å². The van der Waals surface area contributed by atoms with E-state index in [1.54, 1.807) is 11.3 Å². The fraction of sp³-hybridized carbons (Fsp3) is 0.458. The van der Waals surface area contributed by atoms with Gasteiger partial charge in [-0.15, -0.1) is 11.3 Å². The second-order valence-corrected chi connectivity index (χ2v) is 15.8. The molecule has 1 aromatic carbocycles. The van der Waals surface area contributed by atoms with E-state index in [-0.39, 0.29) is 5.04 Å². The third-order valence-corrected chi connectivity index (χ3v) is 12.1. The molecule has 6 nitrogen and oxygen atoms in total. The minimum Gasteiger partial charge on any atom is -0.454 e. The first-order valence-electron chi connectivity index (χ1n) is 10.9. The number of hydrogen-bond donors (Lipinski definition) is 1. The molecule has 8 heteroatoms. The summed E-state index contributed by atoms with van der Waals surface area (Å²) in [6, 6.07) is 9.95. The fourth-order valence-electron chi connectivity index (χ4n) is 3.57. The first-order valence-corrected chi connectivity index (χ1v) is 14.6. The zero-order valence-electron chi connectivity index (χ0n) is 19.6. The zero-order valence-corrected chi connectivity index (χ0v) is 21.4. The second kappa shape index (κ2) is 8.66. The minimum absolute atomic E-state index is 0.149. The van der Waals surface area contributed by atoms with Gasteiger partial charge in [-0.3, -0.25) is 0 Å². The van der Waals surface area contributed by atoms with Crippen LogP contribution in [0.1, 0.15) is 54.3 Å². The molecule has 0 radical (unpaired) electrons. The molecule has 2 aromatic heterocycles. The van der Waals surface area contributed by atoms with Crippen molar-refractivity contribution in [1.29, 1.82) is 0 Å². The number of fused-ring (bicyclic) bond motifs is 1. The summed E-state index contributed by atoms with van der Waals surface area (Å²) in [5.74, 6) is 0.629. The SMILES string of the molecule is Cc1sc(C2OC=CO2)cc1C(O)c1nc2ccccc2n1CCO[Si](C)(C)C(C)(C)C. The maximum atomic E-state index is 11.4. The Kier molecular flexibility index (Phi) is 6.24. The number of hydrogen-bond acceptors (Lipinski definition) is 6. The average molecular weight is 473 g/mol. The van der Waals surface area contributed by atoms with Crippen LogP contribution in [-0.4, -0.2) is 29.6 Å². The highest BCUT2D eigenvalue weighted by molar-refractivity contribution is 7.12. The number of aliphatic hydroxyl groups is 1. The van der Waals surface area contributed by atoms with Gasteiger partial charge < -0.3 is 23.6 Å². The minimum atomic E-state index is -1.86. The van der Waals surface area contributed by atoms with Gasteiger partial charge in [-0.25, -0.2) is 4.98 Å². The van der Waals surface area contributed by atoms with Crippen LogP contribution in [-0.2, 0) is 20.4 Å². The van der Waals surface area contributed by atoms with Crippen LogP contribution in [0, 0.1) is 6.92 Å². The Bertz CT molecular complexity index is 1120. The van der Waals surface area contributed by atoms with Crippen molar-refractivity contribution in [3.63, 3.8) is 0 Å². The molecule has 0 aliphatic carbocycles. The highest BCUT2D eigenvalue weighted by atomic mass is 32.1. The number of para-hydroxylation sites is 2. The van der Waals surface area contributed by atoms with Crippen LogP contribution in [0.4, 0.5) is 0 Å². The van der Waals surface area contributed by atoms with E-state index in [4.69, 9.17) is 18.9 Å². The van der Waals surface area contributed by atoms with Gasteiger partial charge in [-0.1, -0.05) is 32.9 Å². The molecule has 1 atom stereocenters. The van der Waals surface area contributed by atoms with Gasteiger partial charge in [0.2, 0.25) is 0 Å². The Balaban J connectivity index is 1.63. The first kappa shape index (κ1) is 23.0. The van der Waals surface area contributed by atoms with Gasteiger partial charge in [0, 0.05) is 17.0 Å². The Hall–Kier alpha value is -2.13. The molecule has 1 aliphatic heterocycles. The van der Waals surface area contributed by atoms with Crippen molar-refractivity contribution < 1.29 is 19.0 Å². The topological polar surface area (TPSA) is 65.7 Å². The third-order valence-electron chi connectivity index (χ3n) is 6.47. The molecule has 3 heterocycles. The molecule has 0 saturated heterocycles. The molecular weight excluding hydrogens is 440 g/mol. The summed E-state index contributed by atoms with van der Waals surface area (Å²) in [5, 5.41) is 11.5. The summed E-state index contributed by atoms with van der Waals surface area (Å²) in [5.41, 5.74) is 2.69. The molecule has 32 heavy (non-hydrogen) atoms. The molecule has 0 spiro atoms. The first-order chi connectivity index (χ1) is 15.1. The summed E-state index contributed by atoms with van der Waals surface area (Å²) in [7, 11) is -1.86. The van der Waals surface area contributed by atoms with Crippen LogP contribution in [0.2, 0.25) is 18.1 Å². The Morgan fingerprint density at radius 3 is 2.59 bits per heavy atom. The lowest BCUT2D eigenvalue weighted by Crippen LogP contribution is -2.41. The van der Waals surface area contributed by atoms with Crippen molar-refractivity contribution in [2.75, 3.05) is 6.61 Å². The number of nitrogens with zero attached hydrogens (tertiary/aromatic N) is 2. The normalized spacial score (nSPS) is 15.8. The predicted molar refractivity (Wildman–Crippen MR) is 130 cm³/mol. The van der Waals surface area contributed by atoms with E-state index in [0.29, 0.717) is 19.0 Å². The van der Waals surface area contributed by atoms with Crippen molar-refractivity contribution >= 4 is 30.7 Å². The van der Waals surface area contributed by atoms with Crippen molar-refractivity contribution in [3.05, 3.63) is 64.0 Å². The maximum absolute atomic E-state index is 11.4. The van der Waals surface area contributed by atoms with Crippen LogP contribution in [0.3, 0.4) is 0 Å². The summed E-state index contributed by atoms with van der Waals surface area (Å²) < 4.78 is 19.5. The molecule has 0 saturated carbocycles. The molecular formula is C24H32N2O4SSi. The molecule has 1 aliphatic rings. The van der Waals surface area contributed by atoms with Gasteiger partial charge in [-0.05, 0) is 43.3 Å². The van der Waals surface area contributed by atoms with Gasteiger partial charge in [0.15, 0.2) is 8.32 Å². The lowest BCUT2D eigenvalue weighted by Gasteiger charge is -2.36. The van der Waals surface area contributed by atoms with Crippen LogP contribution in [0.5, 0.6) is 0 Å². The monoisotopic (exact) mass is 472 g/mol. The van der Waals surface area contributed by atoms with E-state index >= 15 is 0 Å². The fourth-order valence-corrected chi connectivity index (χ4v) is 5.64. The number of aryl methyl sites for hydroxylation is 1. The number of imidazole rings is 1. The van der Waals surface area contributed by atoms with E-state index in [1.807, 2.05) is 37.3 Å². The summed E-state index contributed by atoms with van der Waals surface area (Å²) in [6.45, 7) is 14.5. The molecule has 0 fully saturated rings. The highest BCUT2D eigenvalue weighted by Gasteiger charge is 2.37. The number of aliphatic hydroxyl groups excluding tert-OH is 1. The van der Waals surface area contributed by atoms with Crippen molar-refractivity contribution in [2.45, 2.75) is 64.8 Å². The van der Waals surface area contributed by atoms with Crippen LogP contribution >= 0.6 is 11.3 Å². The van der Waals surface area contributed by atoms with E-state index < -0.39 is 20.7 Å². The Labute approximate surface area is 194 Å². The smallest absolute Gasteiger partial charge is 0.275 e. The standard InChI is InChI=1S/C24H32N2O4SSi/c1-16-17(15-20(31-16)23-28-13-14-29-23)21(27)22-25-18-9-7-8-10-19(18)26(22)11-12-30-32(5,6)24(2,3)4/h7-10,13-15,21,23,27H,11-12H2,1-6H3. The van der Waals surface area contributed by atoms with Crippen LogP contribution < -0.4 is 0 Å². The van der Waals surface area contributed by atoms with Gasteiger partial charge in [0.1, 0.15) is 24.5 Å². The van der Waals surface area contributed by atoms with Gasteiger partial charge in [0.25, 0.3) is 6.29 Å². The van der Waals surface area contributed by atoms with Crippen LogP contribution in [0.25, 0.3) is 11.0 Å². The Morgan fingerprint density at radius 1 is 1.22 bits per heavy atom. The molecule has 3 aromatic rings. The number of rotatable bonds is 7. The maximum Gasteiger partial charge on any atom is 0.275 e. The van der Waals surface area contributed by atoms with Gasteiger partial charge in [0.05, 0.1) is 22.5 Å². The van der Waals surface area contributed by atoms with Crippen LogP contribution in [0.15, 0.2) is 42.9 Å². The number of aromatic nitrogens is 2. The molecule has 0 bridgehead atoms. The van der Waals surface area contributed by atoms with Gasteiger partial charge in [-0.2, -0.15) is 0 Å². The summed E-state index contributed by atoms with van der Waals surface area (Å²) in [6.07, 6.45) is 1.78. The summed E-state index contributed by atoms with van der Waals surface area (Å²) in [4.78, 5) is 6.74. The number of ether oxygens (including phenoxy) is 2. The highest BCUT2D eigenvalue weighted by Crippen LogP contribution is 2.38. The van der Waals surface area contributed by atoms with E-state index in [9.17, 15) is 5.11 Å². The lowest BCUT2D eigenvalue weighted by molar-refractivity contribution is -0.0217. The quantitative estimate of drug-likeness (QED) is 0.426. The number of thiophene rings is 1. The lowest BCUT2D eigenvalue weighted by atomic mass is 10.1. The number of benzene rings is 1. The van der Waals surface area contributed by atoms with E-state index in [2.05, 4.69) is 38.4 Å². The molecule has 172 valence electrons. The molecule has 0 amide bonds. The van der Waals surface area contributed by atoms with Crippen molar-refractivity contribution in [3.8, 4) is 0 Å². The summed E-state index contributed by atoms with van der Waals surface area (Å²) >= 11 is 1.57. The van der Waals surface area contributed by atoms with Crippen molar-refractivity contribution in [1.82, 2.24) is 9.55 Å². The Morgan fingerprint density at radius 2 is 1.91 bits per heavy atom. The van der Waals surface area contributed by atoms with Gasteiger partial charge >= 0.3 is 0 Å². The largest absolute Gasteiger partial charge is 0.454 e. The predicted octanol–water partition coefficient (Wildman–Crippen LogP) is 6.03. The molecule has 1 unspecified atom stereocenters. The molecule has 1 N–H and O–H groups in total.